The first-order valence-electron chi connectivity index (χ1n) is 8.35. The van der Waals surface area contributed by atoms with Crippen molar-refractivity contribution in [2.45, 2.75) is 6.18 Å². The fourth-order valence-electron chi connectivity index (χ4n) is 2.89. The van der Waals surface area contributed by atoms with Gasteiger partial charge in [-0.05, 0) is 36.4 Å². The van der Waals surface area contributed by atoms with E-state index in [1.807, 2.05) is 0 Å². The van der Waals surface area contributed by atoms with E-state index in [1.54, 1.807) is 25.2 Å². The van der Waals surface area contributed by atoms with E-state index >= 15 is 0 Å². The van der Waals surface area contributed by atoms with Crippen molar-refractivity contribution in [3.63, 3.8) is 0 Å². The average molecular weight is 420 g/mol. The largest absolute Gasteiger partial charge is 0.422 e. The second-order valence-electron chi connectivity index (χ2n) is 6.20. The summed E-state index contributed by atoms with van der Waals surface area (Å²) in [4.78, 5) is 13.3. The van der Waals surface area contributed by atoms with Crippen LogP contribution in [0.5, 0.6) is 5.75 Å². The molecule has 0 aliphatic heterocycles. The molecule has 0 radical (unpaired) electrons. The molecule has 0 aliphatic carbocycles. The molecule has 2 aromatic heterocycles. The number of hydrogen-bond donors (Lipinski definition) is 0. The molecule has 4 aromatic rings. The number of rotatable bonds is 3. The Labute approximate surface area is 166 Å². The lowest BCUT2D eigenvalue weighted by Crippen LogP contribution is -2.09. The molecule has 0 aliphatic rings. The molecule has 0 amide bonds. The van der Waals surface area contributed by atoms with E-state index in [4.69, 9.17) is 4.74 Å². The molecule has 0 fully saturated rings. The van der Waals surface area contributed by atoms with Crippen LogP contribution < -0.4 is 4.74 Å². The minimum absolute atomic E-state index is 0.169. The molecule has 0 N–H and O–H groups in total. The van der Waals surface area contributed by atoms with Crippen LogP contribution in [0, 0.1) is 5.82 Å². The summed E-state index contributed by atoms with van der Waals surface area (Å²) in [6.45, 7) is 0. The third kappa shape index (κ3) is 3.61. The number of aryl methyl sites for hydroxylation is 1. The van der Waals surface area contributed by atoms with Gasteiger partial charge in [-0.15, -0.1) is 11.3 Å². The van der Waals surface area contributed by atoms with Crippen molar-refractivity contribution < 1.29 is 27.1 Å². The van der Waals surface area contributed by atoms with Gasteiger partial charge in [-0.25, -0.2) is 9.18 Å². The van der Waals surface area contributed by atoms with Gasteiger partial charge in [-0.3, -0.25) is 4.68 Å². The van der Waals surface area contributed by atoms with Crippen LogP contribution in [0.25, 0.3) is 21.5 Å². The van der Waals surface area contributed by atoms with Crippen LogP contribution >= 0.6 is 11.3 Å². The fourth-order valence-corrected chi connectivity index (χ4v) is 3.84. The van der Waals surface area contributed by atoms with E-state index in [-0.39, 0.29) is 16.2 Å². The molecule has 0 saturated heterocycles. The highest BCUT2D eigenvalue weighted by Gasteiger charge is 2.31. The quantitative estimate of drug-likeness (QED) is 0.243. The van der Waals surface area contributed by atoms with Crippen molar-refractivity contribution in [1.82, 2.24) is 9.78 Å². The number of carbonyl (C=O) groups is 1. The molecule has 0 atom stereocenters. The van der Waals surface area contributed by atoms with E-state index in [2.05, 4.69) is 5.10 Å². The number of thiophene rings is 1. The van der Waals surface area contributed by atoms with Gasteiger partial charge in [0, 0.05) is 18.0 Å². The molecular formula is C20H12F4N2O2S. The fraction of sp³-hybridized carbons (Fsp3) is 0.100. The zero-order chi connectivity index (χ0) is 20.8. The Bertz CT molecular complexity index is 1230. The van der Waals surface area contributed by atoms with Gasteiger partial charge in [0.2, 0.25) is 0 Å². The van der Waals surface area contributed by atoms with Crippen molar-refractivity contribution in [2.24, 2.45) is 7.05 Å². The van der Waals surface area contributed by atoms with Crippen LogP contribution in [0.15, 0.2) is 54.6 Å². The van der Waals surface area contributed by atoms with E-state index in [9.17, 15) is 22.4 Å². The summed E-state index contributed by atoms with van der Waals surface area (Å²) >= 11 is 1.06. The number of nitrogens with zero attached hydrogens (tertiary/aromatic N) is 2. The Hall–Kier alpha value is -3.20. The van der Waals surface area contributed by atoms with Crippen molar-refractivity contribution in [1.29, 1.82) is 0 Å². The molecule has 0 spiro atoms. The van der Waals surface area contributed by atoms with Gasteiger partial charge in [0.15, 0.2) is 0 Å². The van der Waals surface area contributed by atoms with Crippen molar-refractivity contribution in [3.8, 4) is 17.0 Å². The first-order valence-corrected chi connectivity index (χ1v) is 9.16. The predicted octanol–water partition coefficient (Wildman–Crippen LogP) is 5.68. The molecule has 29 heavy (non-hydrogen) atoms. The van der Waals surface area contributed by atoms with Crippen molar-refractivity contribution in [2.75, 3.05) is 0 Å². The summed E-state index contributed by atoms with van der Waals surface area (Å²) in [7, 11) is 1.66. The maximum absolute atomic E-state index is 14.2. The number of halogens is 4. The maximum Gasteiger partial charge on any atom is 0.416 e. The molecule has 4 nitrogen and oxygen atoms in total. The number of aromatic nitrogens is 2. The SMILES string of the molecule is Cn1nc(-c2ccccc2F)c2cc(C(=O)Oc3cccc(C(F)(F)F)c3)sc21. The van der Waals surface area contributed by atoms with E-state index in [0.29, 0.717) is 15.9 Å². The van der Waals surface area contributed by atoms with Gasteiger partial charge < -0.3 is 4.74 Å². The van der Waals surface area contributed by atoms with Crippen LogP contribution in [0.2, 0.25) is 0 Å². The van der Waals surface area contributed by atoms with E-state index < -0.39 is 23.5 Å². The first-order chi connectivity index (χ1) is 13.7. The zero-order valence-electron chi connectivity index (χ0n) is 14.8. The molecule has 2 aromatic carbocycles. The summed E-state index contributed by atoms with van der Waals surface area (Å²) in [6, 6.07) is 11.7. The summed E-state index contributed by atoms with van der Waals surface area (Å²) in [5.41, 5.74) is -0.256. The molecule has 148 valence electrons. The number of esters is 1. The number of ether oxygens (including phenoxy) is 1. The lowest BCUT2D eigenvalue weighted by Gasteiger charge is -2.08. The Morgan fingerprint density at radius 1 is 1.10 bits per heavy atom. The van der Waals surface area contributed by atoms with Crippen molar-refractivity contribution >= 4 is 27.5 Å². The van der Waals surface area contributed by atoms with Gasteiger partial charge in [0.25, 0.3) is 0 Å². The molecule has 9 heteroatoms. The number of fused-ring (bicyclic) bond motifs is 1. The molecule has 4 rings (SSSR count). The topological polar surface area (TPSA) is 44.1 Å². The zero-order valence-corrected chi connectivity index (χ0v) is 15.6. The molecule has 2 heterocycles. The van der Waals surface area contributed by atoms with E-state index in [0.717, 1.165) is 29.5 Å². The second kappa shape index (κ2) is 7.00. The van der Waals surface area contributed by atoms with Crippen LogP contribution in [0.4, 0.5) is 17.6 Å². The van der Waals surface area contributed by atoms with Gasteiger partial charge >= 0.3 is 12.1 Å². The van der Waals surface area contributed by atoms with Crippen LogP contribution in [-0.2, 0) is 13.2 Å². The first kappa shape index (κ1) is 19.1. The molecule has 0 saturated carbocycles. The Balaban J connectivity index is 1.68. The minimum Gasteiger partial charge on any atom is -0.422 e. The standard InChI is InChI=1S/C20H12F4N2O2S/c1-26-18-14(17(25-26)13-7-2-3-8-15(13)21)10-16(29-18)19(27)28-12-6-4-5-11(9-12)20(22,23)24/h2-10H,1H3. The van der Waals surface area contributed by atoms with Crippen LogP contribution in [-0.4, -0.2) is 15.7 Å². The number of benzene rings is 2. The Morgan fingerprint density at radius 3 is 2.59 bits per heavy atom. The number of hydrogen-bond acceptors (Lipinski definition) is 4. The molecule has 0 unspecified atom stereocenters. The van der Waals surface area contributed by atoms with Crippen molar-refractivity contribution in [3.05, 3.63) is 70.9 Å². The smallest absolute Gasteiger partial charge is 0.416 e. The lowest BCUT2D eigenvalue weighted by atomic mass is 10.1. The Kier molecular flexibility index (Phi) is 4.62. The van der Waals surface area contributed by atoms with Gasteiger partial charge in [0.05, 0.1) is 5.56 Å². The molecular weight excluding hydrogens is 408 g/mol. The number of alkyl halides is 3. The summed E-state index contributed by atoms with van der Waals surface area (Å²) < 4.78 is 59.3. The Morgan fingerprint density at radius 2 is 1.86 bits per heavy atom. The third-order valence-corrected chi connectivity index (χ3v) is 5.40. The molecule has 0 bridgehead atoms. The monoisotopic (exact) mass is 420 g/mol. The third-order valence-electron chi connectivity index (χ3n) is 4.21. The van der Waals surface area contributed by atoms with E-state index in [1.165, 1.54) is 22.9 Å². The predicted molar refractivity (Wildman–Crippen MR) is 100 cm³/mol. The number of carbonyl (C=O) groups excluding carboxylic acids is 1. The maximum atomic E-state index is 14.2. The van der Waals surface area contributed by atoms with Gasteiger partial charge in [-0.1, -0.05) is 18.2 Å². The highest BCUT2D eigenvalue weighted by atomic mass is 32.1. The highest BCUT2D eigenvalue weighted by molar-refractivity contribution is 7.20. The van der Waals surface area contributed by atoms with Crippen LogP contribution in [0.3, 0.4) is 0 Å². The summed E-state index contributed by atoms with van der Waals surface area (Å²) in [5, 5.41) is 4.87. The highest BCUT2D eigenvalue weighted by Crippen LogP contribution is 2.36. The van der Waals surface area contributed by atoms with Gasteiger partial charge in [-0.2, -0.15) is 18.3 Å². The van der Waals surface area contributed by atoms with Gasteiger partial charge in [0.1, 0.15) is 27.0 Å². The summed E-state index contributed by atoms with van der Waals surface area (Å²) in [5.74, 6) is -1.47. The van der Waals surface area contributed by atoms with Crippen LogP contribution in [0.1, 0.15) is 15.2 Å². The normalized spacial score (nSPS) is 11.8. The lowest BCUT2D eigenvalue weighted by molar-refractivity contribution is -0.137. The second-order valence-corrected chi connectivity index (χ2v) is 7.23. The minimum atomic E-state index is -4.54. The average Bonchev–Trinajstić information content (AvgIpc) is 3.23. The summed E-state index contributed by atoms with van der Waals surface area (Å²) in [6.07, 6.45) is -4.54.